The zero-order valence-electron chi connectivity index (χ0n) is 29.5. The van der Waals surface area contributed by atoms with Crippen LogP contribution in [0.1, 0.15) is 106 Å². The number of rotatable bonds is 7. The van der Waals surface area contributed by atoms with Gasteiger partial charge in [-0.05, 0) is 113 Å². The highest BCUT2D eigenvalue weighted by molar-refractivity contribution is 5.69. The molecule has 6 rings (SSSR count). The van der Waals surface area contributed by atoms with Crippen LogP contribution in [-0.4, -0.2) is 45.7 Å². The van der Waals surface area contributed by atoms with E-state index >= 15 is 0 Å². The summed E-state index contributed by atoms with van der Waals surface area (Å²) in [5.74, 6) is 0.966. The molecule has 2 saturated heterocycles. The molecule has 1 aliphatic carbocycles. The molecule has 6 nitrogen and oxygen atoms in total. The molecule has 0 radical (unpaired) electrons. The molecule has 4 unspecified atom stereocenters. The molecule has 0 N–H and O–H groups in total. The van der Waals surface area contributed by atoms with Crippen LogP contribution in [0.3, 0.4) is 0 Å². The van der Waals surface area contributed by atoms with Gasteiger partial charge in [0.1, 0.15) is 11.4 Å². The Kier molecular flexibility index (Phi) is 10.4. The molecule has 51 heavy (non-hydrogen) atoms. The molecule has 1 aromatic heterocycles. The zero-order chi connectivity index (χ0) is 36.7. The summed E-state index contributed by atoms with van der Waals surface area (Å²) in [5.41, 5.74) is -1.84. The number of alkyl halides is 6. The number of anilines is 1. The van der Waals surface area contributed by atoms with Gasteiger partial charge in [0.15, 0.2) is 0 Å². The number of hydrogen-bond donors (Lipinski definition) is 0. The maximum Gasteiger partial charge on any atom is 0.416 e. The second-order valence-corrected chi connectivity index (χ2v) is 15.5. The zero-order valence-corrected chi connectivity index (χ0v) is 29.5. The van der Waals surface area contributed by atoms with E-state index in [1.54, 1.807) is 38.1 Å². The van der Waals surface area contributed by atoms with Crippen LogP contribution >= 0.6 is 0 Å². The molecule has 0 spiro atoms. The predicted octanol–water partition coefficient (Wildman–Crippen LogP) is 10.2. The summed E-state index contributed by atoms with van der Waals surface area (Å²) in [5, 5.41) is 0. The van der Waals surface area contributed by atoms with Crippen molar-refractivity contribution in [1.82, 2.24) is 14.9 Å². The van der Waals surface area contributed by atoms with E-state index in [-0.39, 0.29) is 30.0 Å². The number of ether oxygens (including phenoxy) is 1. The Labute approximate surface area is 295 Å². The van der Waals surface area contributed by atoms with E-state index in [9.17, 15) is 31.1 Å². The Morgan fingerprint density at radius 1 is 0.863 bits per heavy atom. The first-order valence-corrected chi connectivity index (χ1v) is 17.9. The van der Waals surface area contributed by atoms with Crippen LogP contribution in [0.2, 0.25) is 0 Å². The van der Waals surface area contributed by atoms with E-state index in [4.69, 9.17) is 14.7 Å². The van der Waals surface area contributed by atoms with Gasteiger partial charge in [-0.15, -0.1) is 0 Å². The summed E-state index contributed by atoms with van der Waals surface area (Å²) in [6.07, 6.45) is -2.22. The fraction of sp³-hybridized carbons (Fsp3) is 0.564. The molecule has 3 fully saturated rings. The highest BCUT2D eigenvalue weighted by Crippen LogP contribution is 2.48. The van der Waals surface area contributed by atoms with Crippen LogP contribution in [0.15, 0.2) is 60.9 Å². The van der Waals surface area contributed by atoms with Gasteiger partial charge in [-0.2, -0.15) is 26.3 Å². The molecule has 12 heteroatoms. The number of hydrogen-bond acceptors (Lipinski definition) is 5. The summed E-state index contributed by atoms with van der Waals surface area (Å²) in [7, 11) is 0. The number of carbonyl (C=O) groups excluding carboxylic acids is 1. The van der Waals surface area contributed by atoms with Crippen LogP contribution in [0.5, 0.6) is 0 Å². The van der Waals surface area contributed by atoms with E-state index in [1.165, 1.54) is 6.42 Å². The number of fused-ring (bicyclic) bond motifs is 1. The molecule has 2 aliphatic heterocycles. The standard InChI is InChI=1S/C39H46F6N4O2/c1-5-31-19-28(20-34(25-9-7-6-8-10-25)49(31)36(50)51-37(2,3)4)33(17-24-15-29(38(40,41)42)21-30(16-24)39(43,44)45)35-46-22-32(23-47-35)48-13-11-26-18-27(26)12-14-48/h6-10,15-16,21-23,26-28,31,33-34H,5,11-14,17-20H2,1-4H3/t26?,27?,28-,31+,33?,34?/m0/s1. The van der Waals surface area contributed by atoms with Crippen LogP contribution in [-0.2, 0) is 23.5 Å². The highest BCUT2D eigenvalue weighted by atomic mass is 19.4. The van der Waals surface area contributed by atoms with Crippen LogP contribution < -0.4 is 4.90 Å². The predicted molar refractivity (Wildman–Crippen MR) is 182 cm³/mol. The average Bonchev–Trinajstić information content (AvgIpc) is 3.86. The second kappa shape index (κ2) is 14.3. The van der Waals surface area contributed by atoms with E-state index in [0.29, 0.717) is 25.1 Å². The Bertz CT molecular complexity index is 1610. The van der Waals surface area contributed by atoms with Crippen molar-refractivity contribution in [2.75, 3.05) is 18.0 Å². The van der Waals surface area contributed by atoms with Gasteiger partial charge >= 0.3 is 18.4 Å². The molecule has 6 atom stereocenters. The summed E-state index contributed by atoms with van der Waals surface area (Å²) in [6.45, 7) is 9.12. The first kappa shape index (κ1) is 36.9. The highest BCUT2D eigenvalue weighted by Gasteiger charge is 2.44. The number of amides is 1. The molecule has 1 amide bonds. The number of carbonyl (C=O) groups is 1. The molecule has 2 aromatic carbocycles. The minimum absolute atomic E-state index is 0.0968. The topological polar surface area (TPSA) is 58.6 Å². The summed E-state index contributed by atoms with van der Waals surface area (Å²) >= 11 is 0. The number of halogens is 6. The quantitative estimate of drug-likeness (QED) is 0.228. The minimum Gasteiger partial charge on any atom is -0.444 e. The van der Waals surface area contributed by atoms with Crippen LogP contribution in [0, 0.1) is 17.8 Å². The van der Waals surface area contributed by atoms with E-state index in [1.807, 2.05) is 37.3 Å². The lowest BCUT2D eigenvalue weighted by molar-refractivity contribution is -0.143. The maximum atomic E-state index is 14.0. The Balaban J connectivity index is 1.40. The third-order valence-electron chi connectivity index (χ3n) is 10.7. The van der Waals surface area contributed by atoms with Crippen molar-refractivity contribution < 1.29 is 35.9 Å². The molecular weight excluding hydrogens is 670 g/mol. The lowest BCUT2D eigenvalue weighted by Gasteiger charge is -2.47. The largest absolute Gasteiger partial charge is 0.444 e. The molecule has 276 valence electrons. The normalized spacial score (nSPS) is 24.8. The van der Waals surface area contributed by atoms with Crippen molar-refractivity contribution in [3.05, 3.63) is 89.0 Å². The van der Waals surface area contributed by atoms with Gasteiger partial charge in [0.2, 0.25) is 0 Å². The van der Waals surface area contributed by atoms with Gasteiger partial charge in [-0.25, -0.2) is 14.8 Å². The maximum absolute atomic E-state index is 14.0. The fourth-order valence-corrected chi connectivity index (χ4v) is 8.05. The van der Waals surface area contributed by atoms with Crippen molar-refractivity contribution in [1.29, 1.82) is 0 Å². The first-order chi connectivity index (χ1) is 24.0. The first-order valence-electron chi connectivity index (χ1n) is 17.9. The van der Waals surface area contributed by atoms with Crippen molar-refractivity contribution in [2.45, 2.75) is 109 Å². The SMILES string of the molecule is CC[C@@H]1C[C@H](C(Cc2cc(C(F)(F)F)cc(C(F)(F)F)c2)c2ncc(N3CCC4CC4CC3)cn2)CC(c2ccccc2)N1C(=O)OC(C)(C)C. The Hall–Kier alpha value is -3.83. The Morgan fingerprint density at radius 3 is 1.98 bits per heavy atom. The number of piperidine rings is 1. The lowest BCUT2D eigenvalue weighted by atomic mass is 9.73. The number of benzene rings is 2. The molecule has 3 heterocycles. The third-order valence-corrected chi connectivity index (χ3v) is 10.7. The summed E-state index contributed by atoms with van der Waals surface area (Å²) in [6, 6.07) is 10.5. The van der Waals surface area contributed by atoms with E-state index < -0.39 is 47.1 Å². The van der Waals surface area contributed by atoms with Gasteiger partial charge in [0, 0.05) is 25.0 Å². The van der Waals surface area contributed by atoms with Crippen LogP contribution in [0.4, 0.5) is 36.8 Å². The smallest absolute Gasteiger partial charge is 0.416 e. The van der Waals surface area contributed by atoms with Gasteiger partial charge in [0.05, 0.1) is 35.2 Å². The number of likely N-dealkylation sites (tertiary alicyclic amines) is 1. The van der Waals surface area contributed by atoms with Crippen molar-refractivity contribution in [3.8, 4) is 0 Å². The third kappa shape index (κ3) is 8.80. The van der Waals surface area contributed by atoms with Crippen LogP contribution in [0.25, 0.3) is 0 Å². The summed E-state index contributed by atoms with van der Waals surface area (Å²) in [4.78, 5) is 27.3. The molecule has 0 bridgehead atoms. The van der Waals surface area contributed by atoms with Crippen molar-refractivity contribution in [3.63, 3.8) is 0 Å². The lowest BCUT2D eigenvalue weighted by Crippen LogP contribution is -2.50. The van der Waals surface area contributed by atoms with E-state index in [2.05, 4.69) is 4.90 Å². The monoisotopic (exact) mass is 716 g/mol. The van der Waals surface area contributed by atoms with E-state index in [0.717, 1.165) is 61.2 Å². The molecule has 1 saturated carbocycles. The number of aromatic nitrogens is 2. The molecule has 3 aliphatic rings. The average molecular weight is 717 g/mol. The summed E-state index contributed by atoms with van der Waals surface area (Å²) < 4.78 is 89.6. The Morgan fingerprint density at radius 2 is 1.45 bits per heavy atom. The number of nitrogens with zero attached hydrogens (tertiary/aromatic N) is 4. The molecular formula is C39H46F6N4O2. The van der Waals surface area contributed by atoms with Gasteiger partial charge in [0.25, 0.3) is 0 Å². The van der Waals surface area contributed by atoms with Gasteiger partial charge in [-0.1, -0.05) is 37.3 Å². The minimum atomic E-state index is -4.97. The van der Waals surface area contributed by atoms with Crippen molar-refractivity contribution in [2.24, 2.45) is 17.8 Å². The molecule has 3 aromatic rings. The van der Waals surface area contributed by atoms with Gasteiger partial charge < -0.3 is 9.64 Å². The van der Waals surface area contributed by atoms with Crippen molar-refractivity contribution >= 4 is 11.8 Å². The van der Waals surface area contributed by atoms with Gasteiger partial charge in [-0.3, -0.25) is 4.90 Å². The fourth-order valence-electron chi connectivity index (χ4n) is 8.05. The second-order valence-electron chi connectivity index (χ2n) is 15.5.